The Kier molecular flexibility index (Phi) is 2.17. The van der Waals surface area contributed by atoms with Gasteiger partial charge < -0.3 is 4.42 Å². The topological polar surface area (TPSA) is 26.0 Å². The summed E-state index contributed by atoms with van der Waals surface area (Å²) < 4.78 is 6.29. The first-order chi connectivity index (χ1) is 11.9. The highest BCUT2D eigenvalue weighted by molar-refractivity contribution is 6.22. The molecule has 0 spiro atoms. The van der Waals surface area contributed by atoms with Crippen LogP contribution in [0.1, 0.15) is 11.1 Å². The van der Waals surface area contributed by atoms with E-state index in [9.17, 15) is 0 Å². The second kappa shape index (κ2) is 4.24. The van der Waals surface area contributed by atoms with E-state index in [4.69, 9.17) is 9.40 Å². The molecular weight excluding hydrogens is 294 g/mol. The Hall–Kier alpha value is -3.13. The number of para-hydroxylation sites is 1. The number of furan rings is 1. The Balaban J connectivity index is 1.94. The Labute approximate surface area is 138 Å². The summed E-state index contributed by atoms with van der Waals surface area (Å²) in [6, 6.07) is 21.1. The van der Waals surface area contributed by atoms with E-state index in [1.807, 2.05) is 24.4 Å². The number of pyridine rings is 1. The summed E-state index contributed by atoms with van der Waals surface area (Å²) in [5, 5.41) is 3.51. The van der Waals surface area contributed by atoms with Gasteiger partial charge in [-0.2, -0.15) is 0 Å². The van der Waals surface area contributed by atoms with Crippen LogP contribution in [0.4, 0.5) is 0 Å². The van der Waals surface area contributed by atoms with E-state index in [0.29, 0.717) is 0 Å². The fourth-order valence-electron chi connectivity index (χ4n) is 4.16. The predicted octanol–water partition coefficient (Wildman–Crippen LogP) is 5.71. The maximum atomic E-state index is 6.29. The van der Waals surface area contributed by atoms with E-state index < -0.39 is 0 Å². The third-order valence-electron chi connectivity index (χ3n) is 5.14. The van der Waals surface area contributed by atoms with Crippen LogP contribution >= 0.6 is 0 Å². The zero-order valence-electron chi connectivity index (χ0n) is 12.9. The molecule has 1 aliphatic rings. The molecule has 1 aliphatic carbocycles. The fraction of sp³-hybridized carbons (Fsp3) is 0.0455. The number of benzene rings is 3. The summed E-state index contributed by atoms with van der Waals surface area (Å²) in [6.07, 6.45) is 2.80. The number of rotatable bonds is 0. The van der Waals surface area contributed by atoms with Gasteiger partial charge in [0.1, 0.15) is 11.2 Å². The van der Waals surface area contributed by atoms with Crippen molar-refractivity contribution in [2.75, 3.05) is 0 Å². The van der Waals surface area contributed by atoms with E-state index in [-0.39, 0.29) is 0 Å². The second-order valence-electron chi connectivity index (χ2n) is 6.39. The second-order valence-corrected chi connectivity index (χ2v) is 6.39. The van der Waals surface area contributed by atoms with Crippen LogP contribution in [0, 0.1) is 0 Å². The smallest absolute Gasteiger partial charge is 0.141 e. The molecule has 0 aliphatic heterocycles. The number of hydrogen-bond acceptors (Lipinski definition) is 2. The minimum atomic E-state index is 0.923. The summed E-state index contributed by atoms with van der Waals surface area (Å²) in [7, 11) is 0. The third kappa shape index (κ3) is 1.39. The van der Waals surface area contributed by atoms with Crippen LogP contribution in [-0.2, 0) is 6.42 Å². The average Bonchev–Trinajstić information content (AvgIpc) is 3.21. The summed E-state index contributed by atoms with van der Waals surface area (Å²) >= 11 is 0. The molecule has 2 heterocycles. The van der Waals surface area contributed by atoms with E-state index in [1.54, 1.807) is 0 Å². The van der Waals surface area contributed by atoms with Gasteiger partial charge >= 0.3 is 0 Å². The van der Waals surface area contributed by atoms with Crippen molar-refractivity contribution in [2.24, 2.45) is 0 Å². The zero-order chi connectivity index (χ0) is 15.7. The molecule has 0 bridgehead atoms. The summed E-state index contributed by atoms with van der Waals surface area (Å²) in [6.45, 7) is 0. The van der Waals surface area contributed by atoms with Crippen LogP contribution in [0.2, 0.25) is 0 Å². The highest BCUT2D eigenvalue weighted by atomic mass is 16.3. The molecule has 2 nitrogen and oxygen atoms in total. The molecule has 5 aromatic rings. The summed E-state index contributed by atoms with van der Waals surface area (Å²) in [5.41, 5.74) is 8.23. The van der Waals surface area contributed by atoms with E-state index in [1.165, 1.54) is 27.6 Å². The molecule has 0 amide bonds. The molecular formula is C22H13NO. The van der Waals surface area contributed by atoms with Crippen molar-refractivity contribution in [3.63, 3.8) is 0 Å². The van der Waals surface area contributed by atoms with E-state index in [0.717, 1.165) is 33.9 Å². The lowest BCUT2D eigenvalue weighted by Gasteiger charge is -2.07. The van der Waals surface area contributed by atoms with Crippen LogP contribution in [-0.4, -0.2) is 4.98 Å². The molecule has 24 heavy (non-hydrogen) atoms. The zero-order valence-corrected chi connectivity index (χ0v) is 12.9. The Morgan fingerprint density at radius 3 is 2.67 bits per heavy atom. The molecule has 6 rings (SSSR count). The van der Waals surface area contributed by atoms with Gasteiger partial charge in [-0.25, -0.2) is 0 Å². The predicted molar refractivity (Wildman–Crippen MR) is 97.3 cm³/mol. The minimum absolute atomic E-state index is 0.923. The molecule has 0 radical (unpaired) electrons. The SMILES string of the molecule is c1ccc2c(c1)Cc1c-2c2cccnc2c2c1oc1ccccc12. The third-order valence-corrected chi connectivity index (χ3v) is 5.14. The van der Waals surface area contributed by atoms with Crippen LogP contribution in [0.5, 0.6) is 0 Å². The van der Waals surface area contributed by atoms with Gasteiger partial charge in [-0.05, 0) is 28.8 Å². The van der Waals surface area contributed by atoms with Crippen molar-refractivity contribution in [3.05, 3.63) is 78.0 Å². The van der Waals surface area contributed by atoms with Crippen molar-refractivity contribution in [3.8, 4) is 11.1 Å². The van der Waals surface area contributed by atoms with Crippen LogP contribution in [0.15, 0.2) is 71.3 Å². The van der Waals surface area contributed by atoms with E-state index in [2.05, 4.69) is 42.5 Å². The lowest BCUT2D eigenvalue weighted by Crippen LogP contribution is -1.87. The number of nitrogens with zero attached hydrogens (tertiary/aromatic N) is 1. The Morgan fingerprint density at radius 2 is 1.67 bits per heavy atom. The lowest BCUT2D eigenvalue weighted by atomic mass is 9.97. The highest BCUT2D eigenvalue weighted by Crippen LogP contribution is 2.47. The first-order valence-corrected chi connectivity index (χ1v) is 8.21. The normalized spacial score (nSPS) is 12.8. The van der Waals surface area contributed by atoms with Gasteiger partial charge in [-0.3, -0.25) is 4.98 Å². The Morgan fingerprint density at radius 1 is 0.833 bits per heavy atom. The average molecular weight is 307 g/mol. The molecule has 112 valence electrons. The van der Waals surface area contributed by atoms with Gasteiger partial charge in [-0.15, -0.1) is 0 Å². The van der Waals surface area contributed by atoms with Gasteiger partial charge in [0.05, 0.1) is 10.9 Å². The quantitative estimate of drug-likeness (QED) is 0.359. The molecule has 2 aromatic heterocycles. The van der Waals surface area contributed by atoms with Crippen molar-refractivity contribution in [1.82, 2.24) is 4.98 Å². The van der Waals surface area contributed by atoms with Crippen molar-refractivity contribution >= 4 is 32.8 Å². The van der Waals surface area contributed by atoms with Crippen molar-refractivity contribution in [1.29, 1.82) is 0 Å². The largest absolute Gasteiger partial charge is 0.456 e. The molecule has 0 N–H and O–H groups in total. The number of fused-ring (bicyclic) bond motifs is 10. The summed E-state index contributed by atoms with van der Waals surface area (Å²) in [4.78, 5) is 4.72. The fourth-order valence-corrected chi connectivity index (χ4v) is 4.16. The molecule has 0 atom stereocenters. The molecule has 3 aromatic carbocycles. The van der Waals surface area contributed by atoms with Crippen molar-refractivity contribution < 1.29 is 4.42 Å². The first kappa shape index (κ1) is 12.3. The van der Waals surface area contributed by atoms with Gasteiger partial charge in [0.25, 0.3) is 0 Å². The van der Waals surface area contributed by atoms with Crippen LogP contribution in [0.3, 0.4) is 0 Å². The molecule has 0 unspecified atom stereocenters. The van der Waals surface area contributed by atoms with Crippen molar-refractivity contribution in [2.45, 2.75) is 6.42 Å². The summed E-state index contributed by atoms with van der Waals surface area (Å²) in [5.74, 6) is 0. The number of aromatic nitrogens is 1. The Bertz CT molecular complexity index is 1280. The maximum absolute atomic E-state index is 6.29. The highest BCUT2D eigenvalue weighted by Gasteiger charge is 2.27. The van der Waals surface area contributed by atoms with Gasteiger partial charge in [0.2, 0.25) is 0 Å². The molecule has 0 fully saturated rings. The van der Waals surface area contributed by atoms with E-state index >= 15 is 0 Å². The van der Waals surface area contributed by atoms with Gasteiger partial charge in [0, 0.05) is 29.0 Å². The maximum Gasteiger partial charge on any atom is 0.141 e. The van der Waals surface area contributed by atoms with Gasteiger partial charge in [0.15, 0.2) is 0 Å². The van der Waals surface area contributed by atoms with Crippen LogP contribution in [0.25, 0.3) is 44.0 Å². The van der Waals surface area contributed by atoms with Gasteiger partial charge in [-0.1, -0.05) is 48.5 Å². The standard InChI is InChI=1S/C22H13NO/c1-2-7-14-13(6-1)12-17-19(14)16-9-5-11-23-21(16)20-15-8-3-4-10-18(15)24-22(17)20/h1-11H,12H2. The molecule has 0 saturated carbocycles. The molecule has 2 heteroatoms. The minimum Gasteiger partial charge on any atom is -0.456 e. The number of hydrogen-bond donors (Lipinski definition) is 0. The first-order valence-electron chi connectivity index (χ1n) is 8.21. The molecule has 0 saturated heterocycles. The van der Waals surface area contributed by atoms with Crippen LogP contribution < -0.4 is 0 Å². The monoisotopic (exact) mass is 307 g/mol. The lowest BCUT2D eigenvalue weighted by molar-refractivity contribution is 0.665.